The number of nitrogens with two attached hydrogens (primary N) is 1. The van der Waals surface area contributed by atoms with Gasteiger partial charge >= 0.3 is 0 Å². The van der Waals surface area contributed by atoms with Crippen molar-refractivity contribution in [3.8, 4) is 5.75 Å². The van der Waals surface area contributed by atoms with Crippen molar-refractivity contribution in [1.82, 2.24) is 9.21 Å². The number of likely N-dealkylation sites (tertiary alicyclic amines) is 1. The Morgan fingerprint density at radius 1 is 1.27 bits per heavy atom. The Morgan fingerprint density at radius 3 is 2.54 bits per heavy atom. The Kier molecular flexibility index (Phi) is 6.86. The van der Waals surface area contributed by atoms with Crippen LogP contribution in [0.25, 0.3) is 0 Å². The van der Waals surface area contributed by atoms with E-state index in [-0.39, 0.29) is 34.8 Å². The van der Waals surface area contributed by atoms with Crippen LogP contribution in [0.2, 0.25) is 0 Å². The number of hydrogen-bond donors (Lipinski definition) is 1. The molecule has 0 bridgehead atoms. The molecule has 2 aliphatic rings. The summed E-state index contributed by atoms with van der Waals surface area (Å²) in [6.07, 6.45) is 0.736. The van der Waals surface area contributed by atoms with Crippen LogP contribution in [0.3, 0.4) is 0 Å². The van der Waals surface area contributed by atoms with Gasteiger partial charge in [0, 0.05) is 32.2 Å². The smallest absolute Gasteiger partial charge is 0.257 e. The number of carbonyl (C=O) groups is 1. The average molecular weight is 406 g/mol. The van der Waals surface area contributed by atoms with Crippen molar-refractivity contribution in [3.63, 3.8) is 0 Å². The van der Waals surface area contributed by atoms with Crippen LogP contribution in [0.5, 0.6) is 5.75 Å². The molecular formula is C16H24ClN3O5S. The highest BCUT2D eigenvalue weighted by molar-refractivity contribution is 7.89. The first-order valence-corrected chi connectivity index (χ1v) is 9.68. The molecule has 2 N–H and O–H groups in total. The van der Waals surface area contributed by atoms with Crippen LogP contribution in [-0.2, 0) is 14.8 Å². The van der Waals surface area contributed by atoms with E-state index in [9.17, 15) is 13.2 Å². The normalized spacial score (nSPS) is 21.3. The van der Waals surface area contributed by atoms with Crippen LogP contribution >= 0.6 is 12.4 Å². The fraction of sp³-hybridized carbons (Fsp3) is 0.562. The fourth-order valence-corrected chi connectivity index (χ4v) is 4.53. The zero-order valence-corrected chi connectivity index (χ0v) is 16.2. The molecule has 0 aromatic heterocycles. The van der Waals surface area contributed by atoms with E-state index in [0.29, 0.717) is 45.1 Å². The van der Waals surface area contributed by atoms with E-state index in [4.69, 9.17) is 15.2 Å². The third-order valence-corrected chi connectivity index (χ3v) is 6.42. The summed E-state index contributed by atoms with van der Waals surface area (Å²) in [4.78, 5) is 14.5. The number of morpholine rings is 1. The van der Waals surface area contributed by atoms with Crippen molar-refractivity contribution in [1.29, 1.82) is 0 Å². The minimum Gasteiger partial charge on any atom is -0.496 e. The molecule has 146 valence electrons. The maximum atomic E-state index is 12.8. The standard InChI is InChI=1S/C16H23N3O5S.ClH/c1-23-15-3-2-13(25(21,22)19-6-8-24-9-7-19)10-14(15)16(20)18-5-4-12(17)11-18;/h2-3,10,12H,4-9,11,17H2,1H3;1H/t12-;/m1./s1. The molecular weight excluding hydrogens is 382 g/mol. The number of hydrogen-bond acceptors (Lipinski definition) is 6. The van der Waals surface area contributed by atoms with Crippen LogP contribution in [0.15, 0.2) is 23.1 Å². The van der Waals surface area contributed by atoms with Crippen LogP contribution in [0, 0.1) is 0 Å². The van der Waals surface area contributed by atoms with Crippen molar-refractivity contribution in [3.05, 3.63) is 23.8 Å². The Bertz CT molecular complexity index is 752. The molecule has 0 spiro atoms. The molecule has 1 amide bonds. The Balaban J connectivity index is 0.00000243. The number of nitrogens with zero attached hydrogens (tertiary/aromatic N) is 2. The molecule has 26 heavy (non-hydrogen) atoms. The van der Waals surface area contributed by atoms with Crippen molar-refractivity contribution in [2.24, 2.45) is 5.73 Å². The van der Waals surface area contributed by atoms with Crippen molar-refractivity contribution >= 4 is 28.3 Å². The Labute approximate surface area is 159 Å². The second kappa shape index (κ2) is 8.53. The van der Waals surface area contributed by atoms with Crippen LogP contribution in [0.1, 0.15) is 16.8 Å². The Morgan fingerprint density at radius 2 is 1.96 bits per heavy atom. The molecule has 8 nitrogen and oxygen atoms in total. The lowest BCUT2D eigenvalue weighted by Crippen LogP contribution is -2.40. The first-order valence-electron chi connectivity index (χ1n) is 8.24. The van der Waals surface area contributed by atoms with Gasteiger partial charge in [-0.25, -0.2) is 8.42 Å². The fourth-order valence-electron chi connectivity index (χ4n) is 3.09. The number of sulfonamides is 1. The first kappa shape index (κ1) is 20.9. The molecule has 2 saturated heterocycles. The first-order chi connectivity index (χ1) is 11.9. The summed E-state index contributed by atoms with van der Waals surface area (Å²) in [5, 5.41) is 0. The summed E-state index contributed by atoms with van der Waals surface area (Å²) < 4.78 is 37.5. The summed E-state index contributed by atoms with van der Waals surface area (Å²) in [5.41, 5.74) is 6.11. The molecule has 10 heteroatoms. The molecule has 3 rings (SSSR count). The van der Waals surface area contributed by atoms with E-state index >= 15 is 0 Å². The van der Waals surface area contributed by atoms with Gasteiger partial charge < -0.3 is 20.1 Å². The van der Waals surface area contributed by atoms with Gasteiger partial charge in [0.25, 0.3) is 5.91 Å². The van der Waals surface area contributed by atoms with Crippen LogP contribution < -0.4 is 10.5 Å². The minimum absolute atomic E-state index is 0. The number of ether oxygens (including phenoxy) is 2. The van der Waals surface area contributed by atoms with Gasteiger partial charge in [0.2, 0.25) is 10.0 Å². The van der Waals surface area contributed by atoms with Crippen molar-refractivity contribution < 1.29 is 22.7 Å². The molecule has 0 saturated carbocycles. The third kappa shape index (κ3) is 4.12. The van der Waals surface area contributed by atoms with Gasteiger partial charge in [-0.05, 0) is 24.6 Å². The number of amides is 1. The maximum absolute atomic E-state index is 12.8. The summed E-state index contributed by atoms with van der Waals surface area (Å²) >= 11 is 0. The molecule has 1 aromatic carbocycles. The number of halogens is 1. The second-order valence-electron chi connectivity index (χ2n) is 6.18. The lowest BCUT2D eigenvalue weighted by atomic mass is 10.1. The highest BCUT2D eigenvalue weighted by Gasteiger charge is 2.30. The van der Waals surface area contributed by atoms with Gasteiger partial charge in [-0.15, -0.1) is 12.4 Å². The highest BCUT2D eigenvalue weighted by atomic mass is 35.5. The van der Waals surface area contributed by atoms with Crippen molar-refractivity contribution in [2.45, 2.75) is 17.4 Å². The van der Waals surface area contributed by atoms with Gasteiger partial charge in [0.15, 0.2) is 0 Å². The maximum Gasteiger partial charge on any atom is 0.257 e. The van der Waals surface area contributed by atoms with Crippen LogP contribution in [0.4, 0.5) is 0 Å². The molecule has 2 heterocycles. The van der Waals surface area contributed by atoms with E-state index < -0.39 is 10.0 Å². The van der Waals surface area contributed by atoms with Gasteiger partial charge in [0.05, 0.1) is 30.8 Å². The van der Waals surface area contributed by atoms with Gasteiger partial charge in [0.1, 0.15) is 5.75 Å². The number of carbonyl (C=O) groups excluding carboxylic acids is 1. The minimum atomic E-state index is -3.67. The zero-order chi connectivity index (χ0) is 18.0. The van der Waals surface area contributed by atoms with E-state index in [2.05, 4.69) is 0 Å². The molecule has 1 aromatic rings. The summed E-state index contributed by atoms with van der Waals surface area (Å²) in [6.45, 7) is 2.36. The second-order valence-corrected chi connectivity index (χ2v) is 8.12. The summed E-state index contributed by atoms with van der Waals surface area (Å²) in [7, 11) is -2.22. The molecule has 2 fully saturated rings. The van der Waals surface area contributed by atoms with E-state index in [1.165, 1.54) is 29.6 Å². The number of methoxy groups -OCH3 is 1. The quantitative estimate of drug-likeness (QED) is 0.773. The number of benzene rings is 1. The summed E-state index contributed by atoms with van der Waals surface area (Å²) in [6, 6.07) is 4.35. The SMILES string of the molecule is COc1ccc(S(=O)(=O)N2CCOCC2)cc1C(=O)N1CC[C@@H](N)C1.Cl. The molecule has 0 unspecified atom stereocenters. The number of rotatable bonds is 4. The lowest BCUT2D eigenvalue weighted by Gasteiger charge is -2.26. The average Bonchev–Trinajstić information content (AvgIpc) is 3.07. The largest absolute Gasteiger partial charge is 0.496 e. The predicted molar refractivity (Wildman–Crippen MR) is 98.3 cm³/mol. The van der Waals surface area contributed by atoms with E-state index in [1.807, 2.05) is 0 Å². The van der Waals surface area contributed by atoms with E-state index in [1.54, 1.807) is 4.90 Å². The molecule has 0 aliphatic carbocycles. The van der Waals surface area contributed by atoms with E-state index in [0.717, 1.165) is 6.42 Å². The topological polar surface area (TPSA) is 102 Å². The lowest BCUT2D eigenvalue weighted by molar-refractivity contribution is 0.0730. The highest BCUT2D eigenvalue weighted by Crippen LogP contribution is 2.27. The predicted octanol–water partition coefficient (Wildman–Crippen LogP) is 0.311. The monoisotopic (exact) mass is 405 g/mol. The third-order valence-electron chi connectivity index (χ3n) is 4.52. The van der Waals surface area contributed by atoms with Gasteiger partial charge in [-0.1, -0.05) is 0 Å². The molecule has 2 aliphatic heterocycles. The zero-order valence-electron chi connectivity index (χ0n) is 14.6. The molecule has 0 radical (unpaired) electrons. The van der Waals surface area contributed by atoms with Crippen LogP contribution in [-0.4, -0.2) is 76.1 Å². The summed E-state index contributed by atoms with van der Waals surface area (Å²) in [5.74, 6) is 0.0928. The Hall–Kier alpha value is -1.39. The van der Waals surface area contributed by atoms with Gasteiger partial charge in [-0.2, -0.15) is 4.31 Å². The molecule has 1 atom stereocenters. The van der Waals surface area contributed by atoms with Crippen molar-refractivity contribution in [2.75, 3.05) is 46.5 Å². The van der Waals surface area contributed by atoms with Gasteiger partial charge in [-0.3, -0.25) is 4.79 Å².